The summed E-state index contributed by atoms with van der Waals surface area (Å²) in [4.78, 5) is 9.35. The third kappa shape index (κ3) is 2.92. The predicted molar refractivity (Wildman–Crippen MR) is 87.1 cm³/mol. The zero-order chi connectivity index (χ0) is 14.5. The van der Waals surface area contributed by atoms with E-state index in [0.717, 1.165) is 34.9 Å². The van der Waals surface area contributed by atoms with Gasteiger partial charge in [0.15, 0.2) is 0 Å². The van der Waals surface area contributed by atoms with Crippen molar-refractivity contribution in [1.29, 1.82) is 0 Å². The van der Waals surface area contributed by atoms with Crippen molar-refractivity contribution in [1.82, 2.24) is 9.97 Å². The minimum atomic E-state index is 0.802. The molecule has 0 atom stereocenters. The fraction of sp³-hybridized carbons (Fsp3) is 0.111. The number of rotatable bonds is 4. The van der Waals surface area contributed by atoms with Crippen LogP contribution in [0.1, 0.15) is 6.92 Å². The van der Waals surface area contributed by atoms with E-state index in [1.54, 1.807) is 6.20 Å². The standard InChI is InChI=1S/C18H17N3/c1-2-19-16-13-20-17(14-9-5-3-6-10-14)18(21-16)15-11-7-4-8-12-15/h3-13H,2H2,1H3,(H,19,21). The first-order valence-electron chi connectivity index (χ1n) is 7.10. The second-order valence-corrected chi connectivity index (χ2v) is 4.71. The summed E-state index contributed by atoms with van der Waals surface area (Å²) in [7, 11) is 0. The molecular weight excluding hydrogens is 258 g/mol. The molecule has 104 valence electrons. The molecular formula is C18H17N3. The van der Waals surface area contributed by atoms with E-state index in [9.17, 15) is 0 Å². The molecule has 1 heterocycles. The van der Waals surface area contributed by atoms with Crippen LogP contribution in [0.2, 0.25) is 0 Å². The Morgan fingerprint density at radius 2 is 1.38 bits per heavy atom. The molecule has 0 saturated heterocycles. The van der Waals surface area contributed by atoms with E-state index < -0.39 is 0 Å². The number of hydrogen-bond acceptors (Lipinski definition) is 3. The number of anilines is 1. The largest absolute Gasteiger partial charge is 0.369 e. The first-order valence-corrected chi connectivity index (χ1v) is 7.10. The molecule has 2 aromatic carbocycles. The lowest BCUT2D eigenvalue weighted by Gasteiger charge is -2.11. The zero-order valence-electron chi connectivity index (χ0n) is 12.0. The molecule has 0 bridgehead atoms. The fourth-order valence-corrected chi connectivity index (χ4v) is 2.26. The van der Waals surface area contributed by atoms with Gasteiger partial charge in [-0.1, -0.05) is 60.7 Å². The lowest BCUT2D eigenvalue weighted by molar-refractivity contribution is 1.13. The zero-order valence-corrected chi connectivity index (χ0v) is 12.0. The number of benzene rings is 2. The van der Waals surface area contributed by atoms with Gasteiger partial charge in [-0.05, 0) is 6.92 Å². The van der Waals surface area contributed by atoms with E-state index in [-0.39, 0.29) is 0 Å². The van der Waals surface area contributed by atoms with Crippen LogP contribution >= 0.6 is 0 Å². The van der Waals surface area contributed by atoms with Gasteiger partial charge >= 0.3 is 0 Å². The minimum Gasteiger partial charge on any atom is -0.369 e. The summed E-state index contributed by atoms with van der Waals surface area (Å²) in [6.45, 7) is 2.88. The van der Waals surface area contributed by atoms with Crippen LogP contribution in [0.15, 0.2) is 66.9 Å². The average molecular weight is 275 g/mol. The van der Waals surface area contributed by atoms with E-state index >= 15 is 0 Å². The van der Waals surface area contributed by atoms with Gasteiger partial charge in [-0.25, -0.2) is 4.98 Å². The highest BCUT2D eigenvalue weighted by Gasteiger charge is 2.11. The lowest BCUT2D eigenvalue weighted by Crippen LogP contribution is -2.02. The number of nitrogens with one attached hydrogen (secondary N) is 1. The fourth-order valence-electron chi connectivity index (χ4n) is 2.26. The monoisotopic (exact) mass is 275 g/mol. The van der Waals surface area contributed by atoms with Crippen LogP contribution in [-0.2, 0) is 0 Å². The van der Waals surface area contributed by atoms with Gasteiger partial charge in [0.1, 0.15) is 5.82 Å². The Bertz CT molecular complexity index is 709. The molecule has 1 aromatic heterocycles. The molecule has 0 aliphatic carbocycles. The summed E-state index contributed by atoms with van der Waals surface area (Å²) >= 11 is 0. The van der Waals surface area contributed by atoms with Gasteiger partial charge in [0.05, 0.1) is 17.6 Å². The molecule has 0 aliphatic rings. The third-order valence-corrected chi connectivity index (χ3v) is 3.22. The Labute approximate surface area is 124 Å². The summed E-state index contributed by atoms with van der Waals surface area (Å²) in [6, 6.07) is 20.3. The van der Waals surface area contributed by atoms with Crippen molar-refractivity contribution in [3.63, 3.8) is 0 Å². The number of aromatic nitrogens is 2. The van der Waals surface area contributed by atoms with Crippen molar-refractivity contribution in [2.24, 2.45) is 0 Å². The van der Waals surface area contributed by atoms with Crippen LogP contribution in [0.3, 0.4) is 0 Å². The summed E-state index contributed by atoms with van der Waals surface area (Å²) < 4.78 is 0. The summed E-state index contributed by atoms with van der Waals surface area (Å²) in [6.07, 6.45) is 1.79. The first kappa shape index (κ1) is 13.3. The molecule has 1 N–H and O–H groups in total. The quantitative estimate of drug-likeness (QED) is 0.773. The van der Waals surface area contributed by atoms with E-state index in [1.165, 1.54) is 0 Å². The van der Waals surface area contributed by atoms with Gasteiger partial charge in [-0.3, -0.25) is 4.98 Å². The highest BCUT2D eigenvalue weighted by molar-refractivity contribution is 5.78. The van der Waals surface area contributed by atoms with Gasteiger partial charge in [0.25, 0.3) is 0 Å². The maximum Gasteiger partial charge on any atom is 0.145 e. The average Bonchev–Trinajstić information content (AvgIpc) is 2.57. The van der Waals surface area contributed by atoms with Gasteiger partial charge in [-0.15, -0.1) is 0 Å². The van der Waals surface area contributed by atoms with Gasteiger partial charge in [-0.2, -0.15) is 0 Å². The molecule has 0 unspecified atom stereocenters. The molecule has 3 aromatic rings. The van der Waals surface area contributed by atoms with Crippen LogP contribution in [0.25, 0.3) is 22.5 Å². The number of hydrogen-bond donors (Lipinski definition) is 1. The summed E-state index contributed by atoms with van der Waals surface area (Å²) in [5, 5.41) is 3.22. The second-order valence-electron chi connectivity index (χ2n) is 4.71. The predicted octanol–water partition coefficient (Wildman–Crippen LogP) is 4.24. The van der Waals surface area contributed by atoms with Crippen LogP contribution in [0.4, 0.5) is 5.82 Å². The van der Waals surface area contributed by atoms with Crippen LogP contribution in [0, 0.1) is 0 Å². The second kappa shape index (κ2) is 6.18. The molecule has 0 saturated carbocycles. The highest BCUT2D eigenvalue weighted by atomic mass is 15.0. The van der Waals surface area contributed by atoms with Gasteiger partial charge in [0, 0.05) is 17.7 Å². The van der Waals surface area contributed by atoms with Crippen molar-refractivity contribution in [3.05, 3.63) is 66.9 Å². The molecule has 0 amide bonds. The van der Waals surface area contributed by atoms with Gasteiger partial charge < -0.3 is 5.32 Å². The van der Waals surface area contributed by atoms with Crippen LogP contribution < -0.4 is 5.32 Å². The smallest absolute Gasteiger partial charge is 0.145 e. The molecule has 0 aliphatic heterocycles. The third-order valence-electron chi connectivity index (χ3n) is 3.22. The normalized spacial score (nSPS) is 10.3. The van der Waals surface area contributed by atoms with Crippen molar-refractivity contribution in [2.75, 3.05) is 11.9 Å². The SMILES string of the molecule is CCNc1cnc(-c2ccccc2)c(-c2ccccc2)n1. The summed E-state index contributed by atoms with van der Waals surface area (Å²) in [5.41, 5.74) is 3.96. The Morgan fingerprint density at radius 3 is 1.95 bits per heavy atom. The van der Waals surface area contributed by atoms with Crippen LogP contribution in [0.5, 0.6) is 0 Å². The van der Waals surface area contributed by atoms with E-state index in [2.05, 4.69) is 41.5 Å². The van der Waals surface area contributed by atoms with Gasteiger partial charge in [0.2, 0.25) is 0 Å². The Balaban J connectivity index is 2.16. The maximum atomic E-state index is 4.74. The molecule has 0 spiro atoms. The lowest BCUT2D eigenvalue weighted by atomic mass is 10.0. The van der Waals surface area contributed by atoms with E-state index in [0.29, 0.717) is 0 Å². The molecule has 0 radical (unpaired) electrons. The van der Waals surface area contributed by atoms with Crippen molar-refractivity contribution < 1.29 is 0 Å². The highest BCUT2D eigenvalue weighted by Crippen LogP contribution is 2.29. The molecule has 3 heteroatoms. The first-order chi connectivity index (χ1) is 10.4. The molecule has 3 nitrogen and oxygen atoms in total. The Kier molecular flexibility index (Phi) is 3.92. The Morgan fingerprint density at radius 1 is 0.810 bits per heavy atom. The molecule has 0 fully saturated rings. The maximum absolute atomic E-state index is 4.74. The number of nitrogens with zero attached hydrogens (tertiary/aromatic N) is 2. The molecule has 3 rings (SSSR count). The van der Waals surface area contributed by atoms with Crippen molar-refractivity contribution >= 4 is 5.82 Å². The van der Waals surface area contributed by atoms with Crippen molar-refractivity contribution in [3.8, 4) is 22.5 Å². The van der Waals surface area contributed by atoms with Crippen molar-refractivity contribution in [2.45, 2.75) is 6.92 Å². The van der Waals surface area contributed by atoms with E-state index in [1.807, 2.05) is 36.4 Å². The topological polar surface area (TPSA) is 37.8 Å². The molecule has 21 heavy (non-hydrogen) atoms. The van der Waals surface area contributed by atoms with E-state index in [4.69, 9.17) is 4.98 Å². The summed E-state index contributed by atoms with van der Waals surface area (Å²) in [5.74, 6) is 0.802. The minimum absolute atomic E-state index is 0.802. The van der Waals surface area contributed by atoms with Crippen LogP contribution in [-0.4, -0.2) is 16.5 Å². The Hall–Kier alpha value is -2.68.